The van der Waals surface area contributed by atoms with Crippen LogP contribution >= 0.6 is 0 Å². The van der Waals surface area contributed by atoms with Crippen molar-refractivity contribution in [3.8, 4) is 0 Å². The van der Waals surface area contributed by atoms with E-state index in [0.717, 1.165) is 45.2 Å². The summed E-state index contributed by atoms with van der Waals surface area (Å²) in [6.07, 6.45) is 5.23. The molecule has 1 aliphatic rings. The Kier molecular flexibility index (Phi) is 6.06. The second kappa shape index (κ2) is 8.05. The summed E-state index contributed by atoms with van der Waals surface area (Å²) < 4.78 is 0. The molecule has 1 amide bonds. The lowest BCUT2D eigenvalue weighted by molar-refractivity contribution is -0.125. The second-order valence-corrected chi connectivity index (χ2v) is 5.71. The Labute approximate surface area is 122 Å². The lowest BCUT2D eigenvalue weighted by Gasteiger charge is -2.20. The highest BCUT2D eigenvalue weighted by molar-refractivity contribution is 5.79. The molecule has 0 bridgehead atoms. The Morgan fingerprint density at radius 3 is 2.80 bits per heavy atom. The Bertz CT molecular complexity index is 399. The predicted octanol–water partition coefficient (Wildman–Crippen LogP) is 2.51. The molecule has 0 aliphatic carbocycles. The van der Waals surface area contributed by atoms with Crippen LogP contribution in [0.1, 0.15) is 38.2 Å². The van der Waals surface area contributed by atoms with Crippen molar-refractivity contribution in [2.45, 2.75) is 45.1 Å². The fraction of sp³-hybridized carbons (Fsp3) is 0.588. The third kappa shape index (κ3) is 4.64. The maximum atomic E-state index is 12.2. The molecule has 1 aliphatic heterocycles. The molecule has 2 rings (SSSR count). The van der Waals surface area contributed by atoms with Gasteiger partial charge >= 0.3 is 0 Å². The predicted molar refractivity (Wildman–Crippen MR) is 82.6 cm³/mol. The van der Waals surface area contributed by atoms with Gasteiger partial charge in [-0.15, -0.1) is 0 Å². The molecule has 1 aromatic carbocycles. The van der Waals surface area contributed by atoms with E-state index in [1.165, 1.54) is 5.56 Å². The molecule has 1 fully saturated rings. The molecule has 3 nitrogen and oxygen atoms in total. The van der Waals surface area contributed by atoms with Crippen molar-refractivity contribution >= 4 is 5.91 Å². The Balaban J connectivity index is 1.81. The SMILES string of the molecule is CCCC(CCc1ccccc1)NC(=O)C1CCNC1. The number of benzene rings is 1. The normalized spacial score (nSPS) is 19.8. The Morgan fingerprint density at radius 2 is 2.15 bits per heavy atom. The summed E-state index contributed by atoms with van der Waals surface area (Å²) in [6.45, 7) is 3.99. The van der Waals surface area contributed by atoms with E-state index in [2.05, 4.69) is 41.8 Å². The van der Waals surface area contributed by atoms with E-state index in [-0.39, 0.29) is 11.8 Å². The fourth-order valence-corrected chi connectivity index (χ4v) is 2.82. The summed E-state index contributed by atoms with van der Waals surface area (Å²) >= 11 is 0. The van der Waals surface area contributed by atoms with Crippen LogP contribution < -0.4 is 10.6 Å². The molecule has 3 heteroatoms. The largest absolute Gasteiger partial charge is 0.353 e. The third-order valence-electron chi connectivity index (χ3n) is 4.04. The molecular weight excluding hydrogens is 248 g/mol. The zero-order valence-electron chi connectivity index (χ0n) is 12.4. The van der Waals surface area contributed by atoms with Gasteiger partial charge in [0.2, 0.25) is 5.91 Å². The first-order valence-electron chi connectivity index (χ1n) is 7.84. The lowest BCUT2D eigenvalue weighted by Crippen LogP contribution is -2.39. The molecule has 1 heterocycles. The first-order chi connectivity index (χ1) is 9.79. The molecule has 1 saturated heterocycles. The summed E-state index contributed by atoms with van der Waals surface area (Å²) in [6, 6.07) is 10.8. The van der Waals surface area contributed by atoms with Crippen LogP contribution in [-0.2, 0) is 11.2 Å². The van der Waals surface area contributed by atoms with Gasteiger partial charge in [-0.05, 0) is 37.8 Å². The second-order valence-electron chi connectivity index (χ2n) is 5.71. The van der Waals surface area contributed by atoms with Gasteiger partial charge < -0.3 is 10.6 Å². The van der Waals surface area contributed by atoms with Crippen LogP contribution in [-0.4, -0.2) is 25.0 Å². The molecule has 0 aromatic heterocycles. The highest BCUT2D eigenvalue weighted by Gasteiger charge is 2.24. The summed E-state index contributed by atoms with van der Waals surface area (Å²) in [5.74, 6) is 0.410. The highest BCUT2D eigenvalue weighted by Crippen LogP contribution is 2.12. The van der Waals surface area contributed by atoms with Crippen molar-refractivity contribution < 1.29 is 4.79 Å². The summed E-state index contributed by atoms with van der Waals surface area (Å²) in [7, 11) is 0. The van der Waals surface area contributed by atoms with E-state index < -0.39 is 0 Å². The number of hydrogen-bond acceptors (Lipinski definition) is 2. The van der Waals surface area contributed by atoms with Crippen LogP contribution in [0.2, 0.25) is 0 Å². The topological polar surface area (TPSA) is 41.1 Å². The number of carbonyl (C=O) groups excluding carboxylic acids is 1. The smallest absolute Gasteiger partial charge is 0.224 e. The molecule has 0 saturated carbocycles. The van der Waals surface area contributed by atoms with Gasteiger partial charge in [-0.25, -0.2) is 0 Å². The number of aryl methyl sites for hydroxylation is 1. The molecule has 20 heavy (non-hydrogen) atoms. The van der Waals surface area contributed by atoms with E-state index in [1.54, 1.807) is 0 Å². The van der Waals surface area contributed by atoms with Gasteiger partial charge in [0.1, 0.15) is 0 Å². The van der Waals surface area contributed by atoms with Gasteiger partial charge in [-0.1, -0.05) is 43.7 Å². The molecular formula is C17H26N2O. The van der Waals surface area contributed by atoms with E-state index in [0.29, 0.717) is 6.04 Å². The number of rotatable bonds is 7. The first kappa shape index (κ1) is 15.0. The van der Waals surface area contributed by atoms with Crippen molar-refractivity contribution in [3.05, 3.63) is 35.9 Å². The molecule has 1 aromatic rings. The summed E-state index contributed by atoms with van der Waals surface area (Å²) in [4.78, 5) is 12.2. The maximum absolute atomic E-state index is 12.2. The zero-order valence-corrected chi connectivity index (χ0v) is 12.4. The molecule has 0 spiro atoms. The summed E-state index contributed by atoms with van der Waals surface area (Å²) in [5, 5.41) is 6.51. The quantitative estimate of drug-likeness (QED) is 0.802. The minimum absolute atomic E-state index is 0.172. The monoisotopic (exact) mass is 274 g/mol. The molecule has 2 atom stereocenters. The van der Waals surface area contributed by atoms with Crippen molar-refractivity contribution in [1.82, 2.24) is 10.6 Å². The van der Waals surface area contributed by atoms with E-state index >= 15 is 0 Å². The molecule has 0 radical (unpaired) electrons. The fourth-order valence-electron chi connectivity index (χ4n) is 2.82. The van der Waals surface area contributed by atoms with E-state index in [1.807, 2.05) is 6.07 Å². The van der Waals surface area contributed by atoms with Crippen LogP contribution in [0.5, 0.6) is 0 Å². The van der Waals surface area contributed by atoms with E-state index in [9.17, 15) is 4.79 Å². The van der Waals surface area contributed by atoms with Crippen LogP contribution in [0.15, 0.2) is 30.3 Å². The van der Waals surface area contributed by atoms with Crippen LogP contribution in [0.4, 0.5) is 0 Å². The van der Waals surface area contributed by atoms with Gasteiger partial charge in [0.15, 0.2) is 0 Å². The average Bonchev–Trinajstić information content (AvgIpc) is 3.00. The van der Waals surface area contributed by atoms with Crippen molar-refractivity contribution in [3.63, 3.8) is 0 Å². The molecule has 2 N–H and O–H groups in total. The minimum Gasteiger partial charge on any atom is -0.353 e. The van der Waals surface area contributed by atoms with Crippen LogP contribution in [0, 0.1) is 5.92 Å². The number of carbonyl (C=O) groups is 1. The number of amides is 1. The van der Waals surface area contributed by atoms with Gasteiger partial charge in [0.05, 0.1) is 5.92 Å². The van der Waals surface area contributed by atoms with Crippen molar-refractivity contribution in [2.75, 3.05) is 13.1 Å². The number of hydrogen-bond donors (Lipinski definition) is 2. The maximum Gasteiger partial charge on any atom is 0.224 e. The van der Waals surface area contributed by atoms with Crippen molar-refractivity contribution in [2.24, 2.45) is 5.92 Å². The van der Waals surface area contributed by atoms with Gasteiger partial charge in [-0.2, -0.15) is 0 Å². The standard InChI is InChI=1S/C17H26N2O/c1-2-6-16(10-9-14-7-4-3-5-8-14)19-17(20)15-11-12-18-13-15/h3-5,7-8,15-16,18H,2,6,9-13H2,1H3,(H,19,20). The highest BCUT2D eigenvalue weighted by atomic mass is 16.2. The van der Waals surface area contributed by atoms with Crippen molar-refractivity contribution in [1.29, 1.82) is 0 Å². The zero-order chi connectivity index (χ0) is 14.2. The summed E-state index contributed by atoms with van der Waals surface area (Å²) in [5.41, 5.74) is 1.35. The van der Waals surface area contributed by atoms with Gasteiger partial charge in [0, 0.05) is 12.6 Å². The van der Waals surface area contributed by atoms with Crippen LogP contribution in [0.25, 0.3) is 0 Å². The minimum atomic E-state index is 0.172. The average molecular weight is 274 g/mol. The molecule has 2 unspecified atom stereocenters. The van der Waals surface area contributed by atoms with Gasteiger partial charge in [-0.3, -0.25) is 4.79 Å². The third-order valence-corrected chi connectivity index (χ3v) is 4.04. The first-order valence-corrected chi connectivity index (χ1v) is 7.84. The lowest BCUT2D eigenvalue weighted by atomic mass is 10.0. The molecule has 110 valence electrons. The van der Waals surface area contributed by atoms with Crippen LogP contribution in [0.3, 0.4) is 0 Å². The van der Waals surface area contributed by atoms with E-state index in [4.69, 9.17) is 0 Å². The number of nitrogens with one attached hydrogen (secondary N) is 2. The van der Waals surface area contributed by atoms with Gasteiger partial charge in [0.25, 0.3) is 0 Å². The Hall–Kier alpha value is -1.35. The Morgan fingerprint density at radius 1 is 1.35 bits per heavy atom.